The average Bonchev–Trinajstić information content (AvgIpc) is 2.21. The molecule has 0 aliphatic carbocycles. The van der Waals surface area contributed by atoms with E-state index in [1.54, 1.807) is 7.11 Å². The molecule has 1 unspecified atom stereocenters. The van der Waals surface area contributed by atoms with Gasteiger partial charge in [-0.1, -0.05) is 6.92 Å². The van der Waals surface area contributed by atoms with E-state index in [0.717, 1.165) is 39.2 Å². The number of nitrogens with zero attached hydrogens (tertiary/aromatic N) is 1. The summed E-state index contributed by atoms with van der Waals surface area (Å²) in [6, 6.07) is 0. The van der Waals surface area contributed by atoms with E-state index in [1.807, 2.05) is 6.92 Å². The van der Waals surface area contributed by atoms with Crippen molar-refractivity contribution < 1.29 is 9.84 Å². The van der Waals surface area contributed by atoms with Gasteiger partial charge in [0.1, 0.15) is 0 Å². The average molecular weight is 204 g/mol. The standard InChI is InChI=1S/C10H24N2O2/c1-10(9-13)8-12(5-3-4-11)6-7-14-2/h10,13H,3-9,11H2,1-2H3. The summed E-state index contributed by atoms with van der Waals surface area (Å²) in [5.41, 5.74) is 5.46. The highest BCUT2D eigenvalue weighted by Crippen LogP contribution is 1.99. The van der Waals surface area contributed by atoms with Crippen LogP contribution in [0.1, 0.15) is 13.3 Å². The van der Waals surface area contributed by atoms with E-state index in [1.165, 1.54) is 0 Å². The number of aliphatic hydroxyl groups is 1. The maximum atomic E-state index is 8.95. The fourth-order valence-electron chi connectivity index (χ4n) is 1.33. The molecule has 3 N–H and O–H groups in total. The molecule has 0 aliphatic heterocycles. The molecule has 0 saturated heterocycles. The van der Waals surface area contributed by atoms with E-state index in [4.69, 9.17) is 15.6 Å². The molecule has 0 aromatic heterocycles. The lowest BCUT2D eigenvalue weighted by Gasteiger charge is -2.24. The second kappa shape index (κ2) is 9.40. The Bertz CT molecular complexity index is 115. The van der Waals surface area contributed by atoms with Crippen molar-refractivity contribution in [2.24, 2.45) is 11.7 Å². The first-order chi connectivity index (χ1) is 6.74. The molecule has 0 aromatic carbocycles. The molecule has 0 aromatic rings. The highest BCUT2D eigenvalue weighted by atomic mass is 16.5. The van der Waals surface area contributed by atoms with E-state index < -0.39 is 0 Å². The van der Waals surface area contributed by atoms with E-state index in [-0.39, 0.29) is 6.61 Å². The minimum atomic E-state index is 0.242. The quantitative estimate of drug-likeness (QED) is 0.551. The summed E-state index contributed by atoms with van der Waals surface area (Å²) in [7, 11) is 1.70. The van der Waals surface area contributed by atoms with Gasteiger partial charge in [-0.3, -0.25) is 0 Å². The molecule has 4 heteroatoms. The van der Waals surface area contributed by atoms with E-state index >= 15 is 0 Å². The lowest BCUT2D eigenvalue weighted by atomic mass is 10.2. The summed E-state index contributed by atoms with van der Waals surface area (Å²) >= 11 is 0. The molecule has 0 radical (unpaired) electrons. The number of hydrogen-bond acceptors (Lipinski definition) is 4. The van der Waals surface area contributed by atoms with Crippen molar-refractivity contribution in [2.75, 3.05) is 46.5 Å². The molecule has 0 fully saturated rings. The topological polar surface area (TPSA) is 58.7 Å². The number of nitrogens with two attached hydrogens (primary N) is 1. The predicted molar refractivity (Wildman–Crippen MR) is 58.2 cm³/mol. The Labute approximate surface area is 87.0 Å². The fraction of sp³-hybridized carbons (Fsp3) is 1.00. The van der Waals surface area contributed by atoms with Gasteiger partial charge in [0.05, 0.1) is 6.61 Å². The third-order valence-corrected chi connectivity index (χ3v) is 2.17. The largest absolute Gasteiger partial charge is 0.396 e. The third-order valence-electron chi connectivity index (χ3n) is 2.17. The minimum Gasteiger partial charge on any atom is -0.396 e. The zero-order chi connectivity index (χ0) is 10.8. The van der Waals surface area contributed by atoms with Crippen LogP contribution >= 0.6 is 0 Å². The summed E-state index contributed by atoms with van der Waals surface area (Å²) in [4.78, 5) is 2.29. The predicted octanol–water partition coefficient (Wildman–Crippen LogP) is -0.0880. The zero-order valence-corrected chi connectivity index (χ0v) is 9.41. The fourth-order valence-corrected chi connectivity index (χ4v) is 1.33. The maximum Gasteiger partial charge on any atom is 0.0589 e. The molecule has 14 heavy (non-hydrogen) atoms. The Morgan fingerprint density at radius 1 is 1.43 bits per heavy atom. The first kappa shape index (κ1) is 13.8. The Kier molecular flexibility index (Phi) is 9.29. The van der Waals surface area contributed by atoms with Gasteiger partial charge in [-0.25, -0.2) is 0 Å². The van der Waals surface area contributed by atoms with Crippen molar-refractivity contribution in [2.45, 2.75) is 13.3 Å². The van der Waals surface area contributed by atoms with Crippen LogP contribution in [0.3, 0.4) is 0 Å². The normalized spacial score (nSPS) is 13.5. The summed E-state index contributed by atoms with van der Waals surface area (Å²) in [5.74, 6) is 0.324. The molecule has 86 valence electrons. The van der Waals surface area contributed by atoms with E-state index in [2.05, 4.69) is 4.90 Å². The highest BCUT2D eigenvalue weighted by Gasteiger charge is 2.08. The van der Waals surface area contributed by atoms with Crippen LogP contribution in [0.4, 0.5) is 0 Å². The van der Waals surface area contributed by atoms with Crippen molar-refractivity contribution in [3.63, 3.8) is 0 Å². The molecule has 0 aliphatic rings. The molecule has 1 atom stereocenters. The van der Waals surface area contributed by atoms with Crippen molar-refractivity contribution in [3.8, 4) is 0 Å². The number of aliphatic hydroxyl groups excluding tert-OH is 1. The lowest BCUT2D eigenvalue weighted by molar-refractivity contribution is 0.123. The summed E-state index contributed by atoms with van der Waals surface area (Å²) < 4.78 is 5.03. The van der Waals surface area contributed by atoms with Crippen molar-refractivity contribution >= 4 is 0 Å². The minimum absolute atomic E-state index is 0.242. The Balaban J connectivity index is 3.71. The number of methoxy groups -OCH3 is 1. The summed E-state index contributed by atoms with van der Waals surface area (Å²) in [5, 5.41) is 8.95. The number of ether oxygens (including phenoxy) is 1. The lowest BCUT2D eigenvalue weighted by Crippen LogP contribution is -2.34. The van der Waals surface area contributed by atoms with Crippen LogP contribution in [-0.2, 0) is 4.74 Å². The van der Waals surface area contributed by atoms with Crippen LogP contribution in [-0.4, -0.2) is 56.5 Å². The second-order valence-corrected chi connectivity index (χ2v) is 3.72. The van der Waals surface area contributed by atoms with Crippen LogP contribution < -0.4 is 5.73 Å². The maximum absolute atomic E-state index is 8.95. The molecule has 0 bridgehead atoms. The van der Waals surface area contributed by atoms with Gasteiger partial charge in [0, 0.05) is 26.8 Å². The van der Waals surface area contributed by atoms with Crippen LogP contribution in [0.25, 0.3) is 0 Å². The first-order valence-electron chi connectivity index (χ1n) is 5.26. The summed E-state index contributed by atoms with van der Waals surface area (Å²) in [6.07, 6.45) is 1.00. The van der Waals surface area contributed by atoms with Crippen LogP contribution in [0.2, 0.25) is 0 Å². The van der Waals surface area contributed by atoms with Gasteiger partial charge >= 0.3 is 0 Å². The van der Waals surface area contributed by atoms with Gasteiger partial charge in [-0.2, -0.15) is 0 Å². The van der Waals surface area contributed by atoms with Gasteiger partial charge in [-0.05, 0) is 25.4 Å². The monoisotopic (exact) mass is 204 g/mol. The zero-order valence-electron chi connectivity index (χ0n) is 9.41. The van der Waals surface area contributed by atoms with Crippen molar-refractivity contribution in [3.05, 3.63) is 0 Å². The van der Waals surface area contributed by atoms with Gasteiger partial charge in [-0.15, -0.1) is 0 Å². The Hall–Kier alpha value is -0.160. The second-order valence-electron chi connectivity index (χ2n) is 3.72. The third kappa shape index (κ3) is 7.26. The Morgan fingerprint density at radius 2 is 2.14 bits per heavy atom. The number of hydrogen-bond donors (Lipinski definition) is 2. The summed E-state index contributed by atoms with van der Waals surface area (Å²) in [6.45, 7) is 6.57. The van der Waals surface area contributed by atoms with Gasteiger partial charge in [0.15, 0.2) is 0 Å². The number of rotatable bonds is 9. The van der Waals surface area contributed by atoms with Crippen LogP contribution in [0.15, 0.2) is 0 Å². The molecule has 0 heterocycles. The smallest absolute Gasteiger partial charge is 0.0589 e. The van der Waals surface area contributed by atoms with Gasteiger partial charge < -0.3 is 20.5 Å². The molecule has 0 amide bonds. The SMILES string of the molecule is COCCN(CCCN)CC(C)CO. The van der Waals surface area contributed by atoms with Gasteiger partial charge in [0.25, 0.3) is 0 Å². The molecular formula is C10H24N2O2. The molecular weight excluding hydrogens is 180 g/mol. The van der Waals surface area contributed by atoms with Gasteiger partial charge in [0.2, 0.25) is 0 Å². The first-order valence-corrected chi connectivity index (χ1v) is 5.26. The van der Waals surface area contributed by atoms with Crippen molar-refractivity contribution in [1.29, 1.82) is 0 Å². The van der Waals surface area contributed by atoms with Crippen LogP contribution in [0, 0.1) is 5.92 Å². The van der Waals surface area contributed by atoms with E-state index in [0.29, 0.717) is 5.92 Å². The van der Waals surface area contributed by atoms with Crippen molar-refractivity contribution in [1.82, 2.24) is 4.90 Å². The molecule has 0 rings (SSSR count). The Morgan fingerprint density at radius 3 is 2.64 bits per heavy atom. The van der Waals surface area contributed by atoms with Crippen LogP contribution in [0.5, 0.6) is 0 Å². The molecule has 0 spiro atoms. The molecule has 0 saturated carbocycles. The molecule has 4 nitrogen and oxygen atoms in total. The highest BCUT2D eigenvalue weighted by molar-refractivity contribution is 4.62. The van der Waals surface area contributed by atoms with E-state index in [9.17, 15) is 0 Å².